The Bertz CT molecular complexity index is 664. The van der Waals surface area contributed by atoms with Gasteiger partial charge in [0.2, 0.25) is 5.91 Å². The second kappa shape index (κ2) is 8.58. The van der Waals surface area contributed by atoms with Gasteiger partial charge in [0.15, 0.2) is 9.84 Å². The van der Waals surface area contributed by atoms with Crippen LogP contribution in [0.1, 0.15) is 25.3 Å². The lowest BCUT2D eigenvalue weighted by Gasteiger charge is -2.26. The van der Waals surface area contributed by atoms with Gasteiger partial charge in [-0.05, 0) is 31.0 Å². The van der Waals surface area contributed by atoms with Crippen molar-refractivity contribution in [1.29, 1.82) is 0 Å². The first kappa shape index (κ1) is 18.9. The maximum Gasteiger partial charge on any atom is 0.221 e. The molecule has 1 amide bonds. The van der Waals surface area contributed by atoms with Gasteiger partial charge in [0.05, 0.1) is 11.5 Å². The van der Waals surface area contributed by atoms with Gasteiger partial charge in [0, 0.05) is 25.6 Å². The molecule has 5 nitrogen and oxygen atoms in total. The number of amides is 1. The zero-order valence-corrected chi connectivity index (χ0v) is 14.8. The molecule has 1 unspecified atom stereocenters. The van der Waals surface area contributed by atoms with Crippen molar-refractivity contribution in [3.05, 3.63) is 35.6 Å². The van der Waals surface area contributed by atoms with Crippen molar-refractivity contribution < 1.29 is 17.6 Å². The van der Waals surface area contributed by atoms with Crippen LogP contribution >= 0.6 is 0 Å². The Hall–Kier alpha value is -1.47. The zero-order valence-electron chi connectivity index (χ0n) is 14.0. The van der Waals surface area contributed by atoms with E-state index in [1.807, 2.05) is 6.92 Å². The molecule has 1 aliphatic rings. The molecule has 0 bridgehead atoms. The first-order valence-electron chi connectivity index (χ1n) is 8.36. The van der Waals surface area contributed by atoms with Crippen molar-refractivity contribution >= 4 is 15.7 Å². The van der Waals surface area contributed by atoms with E-state index in [-0.39, 0.29) is 29.3 Å². The monoisotopic (exact) mass is 356 g/mol. The quantitative estimate of drug-likeness (QED) is 0.764. The predicted molar refractivity (Wildman–Crippen MR) is 92.0 cm³/mol. The topological polar surface area (TPSA) is 66.5 Å². The highest BCUT2D eigenvalue weighted by Gasteiger charge is 2.31. The maximum atomic E-state index is 13.5. The van der Waals surface area contributed by atoms with Crippen molar-refractivity contribution in [3.63, 3.8) is 0 Å². The van der Waals surface area contributed by atoms with Crippen LogP contribution in [0, 0.1) is 5.82 Å². The first-order chi connectivity index (χ1) is 11.4. The third-order valence-corrected chi connectivity index (χ3v) is 6.18. The summed E-state index contributed by atoms with van der Waals surface area (Å²) in [5, 5.41) is 2.79. The number of hydrogen-bond donors (Lipinski definition) is 1. The van der Waals surface area contributed by atoms with Gasteiger partial charge < -0.3 is 5.32 Å². The second-order valence-electron chi connectivity index (χ2n) is 6.13. The standard InChI is InChI=1S/C17H25FN2O3S/c1-2-20(15-9-12-24(22,23)13-15)11-8-17(21)19-10-7-14-5-3-4-6-16(14)18/h3-6,15H,2,7-13H2,1H3,(H,19,21). The van der Waals surface area contributed by atoms with E-state index in [0.717, 1.165) is 6.54 Å². The molecule has 134 valence electrons. The van der Waals surface area contributed by atoms with Gasteiger partial charge in [-0.3, -0.25) is 9.69 Å². The van der Waals surface area contributed by atoms with Crippen LogP contribution in [-0.2, 0) is 21.1 Å². The molecule has 0 aliphatic carbocycles. The zero-order chi connectivity index (χ0) is 17.6. The number of halogens is 1. The lowest BCUT2D eigenvalue weighted by Crippen LogP contribution is -2.39. The molecule has 0 radical (unpaired) electrons. The highest BCUT2D eigenvalue weighted by Crippen LogP contribution is 2.17. The Labute approximate surface area is 143 Å². The third kappa shape index (κ3) is 5.56. The van der Waals surface area contributed by atoms with Gasteiger partial charge in [0.1, 0.15) is 5.82 Å². The van der Waals surface area contributed by atoms with Crippen LogP contribution in [0.4, 0.5) is 4.39 Å². The van der Waals surface area contributed by atoms with E-state index >= 15 is 0 Å². The van der Waals surface area contributed by atoms with E-state index in [1.165, 1.54) is 6.07 Å². The minimum atomic E-state index is -2.92. The van der Waals surface area contributed by atoms with Crippen molar-refractivity contribution in [2.24, 2.45) is 0 Å². The average molecular weight is 356 g/mol. The van der Waals surface area contributed by atoms with E-state index in [4.69, 9.17) is 0 Å². The van der Waals surface area contributed by atoms with Crippen LogP contribution < -0.4 is 5.32 Å². The van der Waals surface area contributed by atoms with Crippen LogP contribution in [0.15, 0.2) is 24.3 Å². The Morgan fingerprint density at radius 3 is 2.75 bits per heavy atom. The molecule has 1 aliphatic heterocycles. The van der Waals surface area contributed by atoms with E-state index in [1.54, 1.807) is 18.2 Å². The Morgan fingerprint density at radius 1 is 1.38 bits per heavy atom. The molecule has 1 atom stereocenters. The van der Waals surface area contributed by atoms with Gasteiger partial charge in [0.25, 0.3) is 0 Å². The van der Waals surface area contributed by atoms with Crippen molar-refractivity contribution in [2.45, 2.75) is 32.2 Å². The smallest absolute Gasteiger partial charge is 0.221 e. The van der Waals surface area contributed by atoms with Crippen molar-refractivity contribution in [2.75, 3.05) is 31.1 Å². The SMILES string of the molecule is CCN(CCC(=O)NCCc1ccccc1F)C1CCS(=O)(=O)C1. The number of nitrogens with one attached hydrogen (secondary N) is 1. The molecule has 1 heterocycles. The highest BCUT2D eigenvalue weighted by molar-refractivity contribution is 7.91. The fourth-order valence-corrected chi connectivity index (χ4v) is 4.80. The molecule has 24 heavy (non-hydrogen) atoms. The second-order valence-corrected chi connectivity index (χ2v) is 8.36. The van der Waals surface area contributed by atoms with E-state index in [0.29, 0.717) is 37.9 Å². The summed E-state index contributed by atoms with van der Waals surface area (Å²) >= 11 is 0. The van der Waals surface area contributed by atoms with Gasteiger partial charge in [-0.1, -0.05) is 25.1 Å². The lowest BCUT2D eigenvalue weighted by atomic mass is 10.1. The number of nitrogens with zero attached hydrogens (tertiary/aromatic N) is 1. The van der Waals surface area contributed by atoms with Crippen molar-refractivity contribution in [3.8, 4) is 0 Å². The third-order valence-electron chi connectivity index (χ3n) is 4.43. The summed E-state index contributed by atoms with van der Waals surface area (Å²) in [5.41, 5.74) is 0.587. The first-order valence-corrected chi connectivity index (χ1v) is 10.2. The summed E-state index contributed by atoms with van der Waals surface area (Å²) in [6, 6.07) is 6.55. The molecule has 1 aromatic carbocycles. The van der Waals surface area contributed by atoms with Crippen LogP contribution in [-0.4, -0.2) is 56.4 Å². The molecular formula is C17H25FN2O3S. The van der Waals surface area contributed by atoms with Crippen LogP contribution in [0.5, 0.6) is 0 Å². The van der Waals surface area contributed by atoms with Crippen LogP contribution in [0.25, 0.3) is 0 Å². The summed E-state index contributed by atoms with van der Waals surface area (Å²) in [5.74, 6) is 0.0793. The fourth-order valence-electron chi connectivity index (χ4n) is 3.03. The van der Waals surface area contributed by atoms with Gasteiger partial charge in [-0.15, -0.1) is 0 Å². The molecule has 2 rings (SSSR count). The predicted octanol–water partition coefficient (Wildman–Crippen LogP) is 1.38. The summed E-state index contributed by atoms with van der Waals surface area (Å²) in [7, 11) is -2.92. The van der Waals surface area contributed by atoms with Crippen LogP contribution in [0.2, 0.25) is 0 Å². The van der Waals surface area contributed by atoms with E-state index in [2.05, 4.69) is 10.2 Å². The summed E-state index contributed by atoms with van der Waals surface area (Å²) in [4.78, 5) is 14.0. The number of carbonyl (C=O) groups excluding carboxylic acids is 1. The molecule has 7 heteroatoms. The summed E-state index contributed by atoms with van der Waals surface area (Å²) in [6.07, 6.45) is 1.42. The number of benzene rings is 1. The summed E-state index contributed by atoms with van der Waals surface area (Å²) < 4.78 is 36.6. The normalized spacial score (nSPS) is 19.5. The Morgan fingerprint density at radius 2 is 2.12 bits per heavy atom. The Kier molecular flexibility index (Phi) is 6.74. The molecule has 0 saturated carbocycles. The average Bonchev–Trinajstić information content (AvgIpc) is 2.90. The number of sulfone groups is 1. The molecule has 0 spiro atoms. The molecule has 1 aromatic rings. The molecular weight excluding hydrogens is 331 g/mol. The van der Waals surface area contributed by atoms with Gasteiger partial charge in [-0.2, -0.15) is 0 Å². The lowest BCUT2D eigenvalue weighted by molar-refractivity contribution is -0.121. The molecule has 1 fully saturated rings. The van der Waals surface area contributed by atoms with E-state index < -0.39 is 9.84 Å². The molecule has 1 N–H and O–H groups in total. The minimum absolute atomic E-state index is 0.0196. The number of rotatable bonds is 8. The van der Waals surface area contributed by atoms with Crippen LogP contribution in [0.3, 0.4) is 0 Å². The van der Waals surface area contributed by atoms with Gasteiger partial charge >= 0.3 is 0 Å². The Balaban J connectivity index is 1.71. The molecule has 1 saturated heterocycles. The number of carbonyl (C=O) groups is 1. The number of hydrogen-bond acceptors (Lipinski definition) is 4. The van der Waals surface area contributed by atoms with E-state index in [9.17, 15) is 17.6 Å². The minimum Gasteiger partial charge on any atom is -0.356 e. The highest BCUT2D eigenvalue weighted by atomic mass is 32.2. The largest absolute Gasteiger partial charge is 0.356 e. The summed E-state index contributed by atoms with van der Waals surface area (Å²) in [6.45, 7) is 3.63. The fraction of sp³-hybridized carbons (Fsp3) is 0.588. The maximum absolute atomic E-state index is 13.5. The van der Waals surface area contributed by atoms with Crippen molar-refractivity contribution in [1.82, 2.24) is 10.2 Å². The molecule has 0 aromatic heterocycles. The van der Waals surface area contributed by atoms with Gasteiger partial charge in [-0.25, -0.2) is 12.8 Å².